The maximum atomic E-state index is 10.7. The van der Waals surface area contributed by atoms with Gasteiger partial charge >= 0.3 is 5.97 Å². The molecule has 0 aromatic carbocycles. The number of carboxylic acids is 1. The summed E-state index contributed by atoms with van der Waals surface area (Å²) in [7, 11) is 0. The summed E-state index contributed by atoms with van der Waals surface area (Å²) < 4.78 is 0. The van der Waals surface area contributed by atoms with Gasteiger partial charge in [-0.3, -0.25) is 4.90 Å². The first-order chi connectivity index (χ1) is 6.83. The molecule has 4 heteroatoms. The van der Waals surface area contributed by atoms with E-state index in [0.717, 1.165) is 19.5 Å². The lowest BCUT2D eigenvalue weighted by Crippen LogP contribution is -2.46. The molecule has 0 radical (unpaired) electrons. The number of aliphatic hydroxyl groups is 1. The Kier molecular flexibility index (Phi) is 3.73. The molecule has 1 aliphatic heterocycles. The molecule has 15 heavy (non-hydrogen) atoms. The van der Waals surface area contributed by atoms with Crippen molar-refractivity contribution >= 4 is 5.97 Å². The van der Waals surface area contributed by atoms with Crippen molar-refractivity contribution in [3.05, 3.63) is 0 Å². The zero-order chi connectivity index (χ0) is 11.6. The standard InChI is InChI=1S/C11H21NO3/c1-8(2)9-4-5-12(6-9)7-11(3,15)10(13)14/h8-9,15H,4-7H2,1-3H3,(H,13,14). The third-order valence-corrected chi connectivity index (χ3v) is 3.24. The van der Waals surface area contributed by atoms with Crippen LogP contribution in [0.3, 0.4) is 0 Å². The molecule has 0 aromatic rings. The molecule has 1 saturated heterocycles. The normalized spacial score (nSPS) is 26.9. The van der Waals surface area contributed by atoms with Crippen molar-refractivity contribution in [1.82, 2.24) is 4.90 Å². The molecule has 0 aliphatic carbocycles. The summed E-state index contributed by atoms with van der Waals surface area (Å²) in [5.74, 6) is 0.120. The molecule has 88 valence electrons. The molecule has 2 N–H and O–H groups in total. The monoisotopic (exact) mass is 215 g/mol. The Bertz CT molecular complexity index is 238. The second-order valence-corrected chi connectivity index (χ2v) is 5.11. The number of hydrogen-bond acceptors (Lipinski definition) is 3. The molecule has 0 aromatic heterocycles. The Morgan fingerprint density at radius 1 is 1.60 bits per heavy atom. The SMILES string of the molecule is CC(C)C1CCN(CC(C)(O)C(=O)O)C1. The van der Waals surface area contributed by atoms with Crippen LogP contribution in [0.15, 0.2) is 0 Å². The van der Waals surface area contributed by atoms with Gasteiger partial charge in [0, 0.05) is 13.1 Å². The predicted molar refractivity (Wildman–Crippen MR) is 57.6 cm³/mol. The minimum atomic E-state index is -1.62. The Morgan fingerprint density at radius 2 is 2.20 bits per heavy atom. The van der Waals surface area contributed by atoms with Crippen LogP contribution in [0.25, 0.3) is 0 Å². The van der Waals surface area contributed by atoms with E-state index < -0.39 is 11.6 Å². The van der Waals surface area contributed by atoms with Gasteiger partial charge in [-0.1, -0.05) is 13.8 Å². The van der Waals surface area contributed by atoms with E-state index in [1.807, 2.05) is 4.90 Å². The third-order valence-electron chi connectivity index (χ3n) is 3.24. The van der Waals surface area contributed by atoms with Gasteiger partial charge in [0.1, 0.15) is 0 Å². The molecular formula is C11H21NO3. The molecule has 0 saturated carbocycles. The van der Waals surface area contributed by atoms with Crippen LogP contribution in [0.2, 0.25) is 0 Å². The van der Waals surface area contributed by atoms with Crippen LogP contribution in [-0.2, 0) is 4.79 Å². The first-order valence-corrected chi connectivity index (χ1v) is 5.51. The van der Waals surface area contributed by atoms with Gasteiger partial charge in [-0.25, -0.2) is 4.79 Å². The van der Waals surface area contributed by atoms with Gasteiger partial charge in [-0.05, 0) is 31.7 Å². The van der Waals surface area contributed by atoms with Gasteiger partial charge in [-0.2, -0.15) is 0 Å². The summed E-state index contributed by atoms with van der Waals surface area (Å²) in [4.78, 5) is 12.8. The molecule has 1 aliphatic rings. The molecule has 1 rings (SSSR count). The van der Waals surface area contributed by atoms with E-state index >= 15 is 0 Å². The predicted octanol–water partition coefficient (Wildman–Crippen LogP) is 0.800. The van der Waals surface area contributed by atoms with E-state index in [2.05, 4.69) is 13.8 Å². The van der Waals surface area contributed by atoms with E-state index in [1.54, 1.807) is 0 Å². The molecule has 2 atom stereocenters. The molecule has 1 heterocycles. The smallest absolute Gasteiger partial charge is 0.336 e. The third kappa shape index (κ3) is 3.18. The van der Waals surface area contributed by atoms with E-state index in [9.17, 15) is 9.90 Å². The summed E-state index contributed by atoms with van der Waals surface area (Å²) in [5, 5.41) is 18.4. The molecule has 2 unspecified atom stereocenters. The summed E-state index contributed by atoms with van der Waals surface area (Å²) in [6.45, 7) is 7.75. The Morgan fingerprint density at radius 3 is 2.60 bits per heavy atom. The summed E-state index contributed by atoms with van der Waals surface area (Å²) in [6.07, 6.45) is 1.10. The van der Waals surface area contributed by atoms with Crippen molar-refractivity contribution in [2.24, 2.45) is 11.8 Å². The lowest BCUT2D eigenvalue weighted by molar-refractivity contribution is -0.158. The lowest BCUT2D eigenvalue weighted by Gasteiger charge is -2.25. The first-order valence-electron chi connectivity index (χ1n) is 5.51. The highest BCUT2D eigenvalue weighted by atomic mass is 16.4. The minimum Gasteiger partial charge on any atom is -0.479 e. The van der Waals surface area contributed by atoms with Gasteiger partial charge in [0.25, 0.3) is 0 Å². The highest BCUT2D eigenvalue weighted by Gasteiger charge is 2.35. The van der Waals surface area contributed by atoms with Crippen LogP contribution in [-0.4, -0.2) is 46.3 Å². The van der Waals surface area contributed by atoms with Crippen molar-refractivity contribution in [1.29, 1.82) is 0 Å². The van der Waals surface area contributed by atoms with Crippen molar-refractivity contribution in [2.45, 2.75) is 32.8 Å². The molecule has 0 bridgehead atoms. The Labute approximate surface area is 90.9 Å². The highest BCUT2D eigenvalue weighted by molar-refractivity contribution is 5.76. The maximum Gasteiger partial charge on any atom is 0.336 e. The van der Waals surface area contributed by atoms with Gasteiger partial charge in [-0.15, -0.1) is 0 Å². The highest BCUT2D eigenvalue weighted by Crippen LogP contribution is 2.24. The number of likely N-dealkylation sites (tertiary alicyclic amines) is 1. The van der Waals surface area contributed by atoms with Crippen LogP contribution in [0.4, 0.5) is 0 Å². The fourth-order valence-corrected chi connectivity index (χ4v) is 2.05. The molecular weight excluding hydrogens is 194 g/mol. The van der Waals surface area contributed by atoms with Crippen LogP contribution < -0.4 is 0 Å². The van der Waals surface area contributed by atoms with Crippen LogP contribution in [0.1, 0.15) is 27.2 Å². The fourth-order valence-electron chi connectivity index (χ4n) is 2.05. The van der Waals surface area contributed by atoms with Gasteiger partial charge in [0.05, 0.1) is 0 Å². The number of carboxylic acid groups (broad SMARTS) is 1. The number of β-amino-alcohol motifs (C(OH)–C–C–N with tert-alkyl or cyclic N) is 1. The van der Waals surface area contributed by atoms with Gasteiger partial charge < -0.3 is 10.2 Å². The topological polar surface area (TPSA) is 60.8 Å². The second-order valence-electron chi connectivity index (χ2n) is 5.11. The number of hydrogen-bond donors (Lipinski definition) is 2. The molecule has 0 spiro atoms. The van der Waals surface area contributed by atoms with Crippen molar-refractivity contribution < 1.29 is 15.0 Å². The first kappa shape index (κ1) is 12.5. The number of rotatable bonds is 4. The zero-order valence-corrected chi connectivity index (χ0v) is 9.73. The second kappa shape index (κ2) is 4.49. The number of aliphatic carboxylic acids is 1. The zero-order valence-electron chi connectivity index (χ0n) is 9.73. The van der Waals surface area contributed by atoms with Crippen molar-refractivity contribution in [3.63, 3.8) is 0 Å². The summed E-state index contributed by atoms with van der Waals surface area (Å²) >= 11 is 0. The lowest BCUT2D eigenvalue weighted by atomic mass is 9.95. The van der Waals surface area contributed by atoms with Gasteiger partial charge in [0.2, 0.25) is 0 Å². The quantitative estimate of drug-likeness (QED) is 0.728. The largest absolute Gasteiger partial charge is 0.479 e. The van der Waals surface area contributed by atoms with Crippen LogP contribution in [0.5, 0.6) is 0 Å². The summed E-state index contributed by atoms with van der Waals surface area (Å²) in [5.41, 5.74) is -1.62. The number of nitrogens with zero attached hydrogens (tertiary/aromatic N) is 1. The van der Waals surface area contributed by atoms with E-state index in [4.69, 9.17) is 5.11 Å². The van der Waals surface area contributed by atoms with Crippen LogP contribution in [0, 0.1) is 11.8 Å². The Hall–Kier alpha value is -0.610. The molecule has 4 nitrogen and oxygen atoms in total. The average Bonchev–Trinajstić information content (AvgIpc) is 2.51. The maximum absolute atomic E-state index is 10.7. The van der Waals surface area contributed by atoms with E-state index in [0.29, 0.717) is 11.8 Å². The number of carbonyl (C=O) groups is 1. The molecule has 0 amide bonds. The minimum absolute atomic E-state index is 0.228. The van der Waals surface area contributed by atoms with Crippen molar-refractivity contribution in [3.8, 4) is 0 Å². The fraction of sp³-hybridized carbons (Fsp3) is 0.909. The average molecular weight is 215 g/mol. The summed E-state index contributed by atoms with van der Waals surface area (Å²) in [6, 6.07) is 0. The molecule has 1 fully saturated rings. The van der Waals surface area contributed by atoms with Crippen LogP contribution >= 0.6 is 0 Å². The van der Waals surface area contributed by atoms with E-state index in [-0.39, 0.29) is 6.54 Å². The van der Waals surface area contributed by atoms with E-state index in [1.165, 1.54) is 6.92 Å². The van der Waals surface area contributed by atoms with Crippen molar-refractivity contribution in [2.75, 3.05) is 19.6 Å². The van der Waals surface area contributed by atoms with Gasteiger partial charge in [0.15, 0.2) is 5.60 Å². The Balaban J connectivity index is 2.46.